The highest BCUT2D eigenvalue weighted by Crippen LogP contribution is 2.32. The third-order valence-corrected chi connectivity index (χ3v) is 5.47. The zero-order valence-electron chi connectivity index (χ0n) is 18.0. The number of rotatable bonds is 5. The lowest BCUT2D eigenvalue weighted by Gasteiger charge is -2.13. The van der Waals surface area contributed by atoms with Crippen LogP contribution in [0.1, 0.15) is 11.4 Å². The van der Waals surface area contributed by atoms with Gasteiger partial charge in [0.25, 0.3) is 0 Å². The van der Waals surface area contributed by atoms with Crippen LogP contribution in [-0.2, 0) is 0 Å². The van der Waals surface area contributed by atoms with Crippen LogP contribution in [0.5, 0.6) is 5.75 Å². The van der Waals surface area contributed by atoms with Crippen molar-refractivity contribution in [3.8, 4) is 22.7 Å². The molecule has 3 aromatic heterocycles. The molecule has 1 N–H and O–H groups in total. The molecule has 5 rings (SSSR count). The molecule has 0 amide bonds. The number of benzene rings is 2. The molecule has 0 bridgehead atoms. The minimum absolute atomic E-state index is 0.288. The number of hydrogen-bond acceptors (Lipinski definition) is 4. The van der Waals surface area contributed by atoms with Gasteiger partial charge < -0.3 is 19.0 Å². The average Bonchev–Trinajstić information content (AvgIpc) is 3.38. The molecular weight excluding hydrogens is 405 g/mol. The summed E-state index contributed by atoms with van der Waals surface area (Å²) in [5.41, 5.74) is 6.20. The van der Waals surface area contributed by atoms with Gasteiger partial charge in [-0.15, -0.1) is 0 Å². The lowest BCUT2D eigenvalue weighted by Crippen LogP contribution is -1.99. The number of anilines is 2. The third kappa shape index (κ3) is 3.37. The van der Waals surface area contributed by atoms with Gasteiger partial charge in [0.2, 0.25) is 0 Å². The second-order valence-corrected chi connectivity index (χ2v) is 7.58. The molecule has 0 saturated heterocycles. The molecular formula is C25H22FN5O. The Hall–Kier alpha value is -4.13. The van der Waals surface area contributed by atoms with Crippen molar-refractivity contribution < 1.29 is 9.13 Å². The number of nitrogens with zero attached hydrogens (tertiary/aromatic N) is 4. The van der Waals surface area contributed by atoms with E-state index in [-0.39, 0.29) is 5.82 Å². The summed E-state index contributed by atoms with van der Waals surface area (Å²) in [6.45, 7) is 3.89. The Balaban J connectivity index is 1.55. The monoisotopic (exact) mass is 427 g/mol. The van der Waals surface area contributed by atoms with Crippen LogP contribution in [0.3, 0.4) is 0 Å². The fourth-order valence-electron chi connectivity index (χ4n) is 3.87. The highest BCUT2D eigenvalue weighted by Gasteiger charge is 2.16. The lowest BCUT2D eigenvalue weighted by molar-refractivity contribution is 0.413. The quantitative estimate of drug-likeness (QED) is 0.391. The second kappa shape index (κ2) is 7.85. The van der Waals surface area contributed by atoms with Gasteiger partial charge >= 0.3 is 0 Å². The summed E-state index contributed by atoms with van der Waals surface area (Å²) in [6, 6.07) is 16.5. The molecule has 0 unspecified atom stereocenters. The van der Waals surface area contributed by atoms with Gasteiger partial charge in [-0.3, -0.25) is 0 Å². The van der Waals surface area contributed by atoms with Crippen LogP contribution in [0.25, 0.3) is 22.6 Å². The maximum absolute atomic E-state index is 14.4. The SMILES string of the molecule is COc1cc(Nc2cccn3c(C)c(-c4ccccc4F)nc23)ccc1-n1cnc(C)c1. The Morgan fingerprint density at radius 2 is 1.88 bits per heavy atom. The number of pyridine rings is 1. The molecule has 0 saturated carbocycles. The van der Waals surface area contributed by atoms with Gasteiger partial charge in [-0.25, -0.2) is 14.4 Å². The van der Waals surface area contributed by atoms with Crippen molar-refractivity contribution in [1.82, 2.24) is 18.9 Å². The molecule has 0 aliphatic carbocycles. The zero-order chi connectivity index (χ0) is 22.2. The predicted molar refractivity (Wildman–Crippen MR) is 123 cm³/mol. The van der Waals surface area contributed by atoms with Crippen molar-refractivity contribution in [1.29, 1.82) is 0 Å². The number of ether oxygens (including phenoxy) is 1. The zero-order valence-corrected chi connectivity index (χ0v) is 18.0. The number of fused-ring (bicyclic) bond motifs is 1. The largest absolute Gasteiger partial charge is 0.494 e. The first-order chi connectivity index (χ1) is 15.5. The molecule has 0 atom stereocenters. The number of methoxy groups -OCH3 is 1. The number of aryl methyl sites for hydroxylation is 2. The number of halogens is 1. The number of hydrogen-bond donors (Lipinski definition) is 1. The molecule has 0 aliphatic heterocycles. The van der Waals surface area contributed by atoms with E-state index in [0.29, 0.717) is 17.0 Å². The summed E-state index contributed by atoms with van der Waals surface area (Å²) < 4.78 is 23.9. The Labute approximate surface area is 185 Å². The van der Waals surface area contributed by atoms with E-state index in [4.69, 9.17) is 9.72 Å². The fourth-order valence-corrected chi connectivity index (χ4v) is 3.87. The molecule has 2 aromatic carbocycles. The lowest BCUT2D eigenvalue weighted by atomic mass is 10.1. The second-order valence-electron chi connectivity index (χ2n) is 7.58. The van der Waals surface area contributed by atoms with E-state index < -0.39 is 0 Å². The highest BCUT2D eigenvalue weighted by atomic mass is 19.1. The predicted octanol–water partition coefficient (Wildman–Crippen LogP) is 5.70. The Morgan fingerprint density at radius 3 is 2.62 bits per heavy atom. The van der Waals surface area contributed by atoms with Gasteiger partial charge in [-0.1, -0.05) is 12.1 Å². The van der Waals surface area contributed by atoms with E-state index in [9.17, 15) is 4.39 Å². The van der Waals surface area contributed by atoms with E-state index in [1.54, 1.807) is 25.6 Å². The van der Waals surface area contributed by atoms with Crippen molar-refractivity contribution in [2.24, 2.45) is 0 Å². The van der Waals surface area contributed by atoms with E-state index in [2.05, 4.69) is 10.3 Å². The summed E-state index contributed by atoms with van der Waals surface area (Å²) >= 11 is 0. The first-order valence-electron chi connectivity index (χ1n) is 10.2. The summed E-state index contributed by atoms with van der Waals surface area (Å²) in [7, 11) is 1.64. The van der Waals surface area contributed by atoms with Gasteiger partial charge in [0, 0.05) is 35.4 Å². The Kier molecular flexibility index (Phi) is 4.86. The van der Waals surface area contributed by atoms with Gasteiger partial charge in [0.05, 0.1) is 36.2 Å². The smallest absolute Gasteiger partial charge is 0.161 e. The van der Waals surface area contributed by atoms with Crippen LogP contribution >= 0.6 is 0 Å². The normalized spacial score (nSPS) is 11.1. The minimum atomic E-state index is -0.288. The van der Waals surface area contributed by atoms with Crippen LogP contribution < -0.4 is 10.1 Å². The van der Waals surface area contributed by atoms with Gasteiger partial charge in [0.1, 0.15) is 11.6 Å². The summed E-state index contributed by atoms with van der Waals surface area (Å²) in [4.78, 5) is 9.06. The van der Waals surface area contributed by atoms with Crippen LogP contribution in [0.4, 0.5) is 15.8 Å². The van der Waals surface area contributed by atoms with Crippen LogP contribution in [0, 0.1) is 19.7 Å². The van der Waals surface area contributed by atoms with Crippen molar-refractivity contribution in [2.45, 2.75) is 13.8 Å². The molecule has 0 spiro atoms. The first-order valence-corrected chi connectivity index (χ1v) is 10.2. The van der Waals surface area contributed by atoms with Crippen molar-refractivity contribution in [3.63, 3.8) is 0 Å². The average molecular weight is 427 g/mol. The van der Waals surface area contributed by atoms with E-state index in [1.165, 1.54) is 6.07 Å². The topological polar surface area (TPSA) is 56.4 Å². The molecule has 160 valence electrons. The van der Waals surface area contributed by atoms with Crippen molar-refractivity contribution >= 4 is 17.0 Å². The summed E-state index contributed by atoms with van der Waals surface area (Å²) in [5, 5.41) is 3.43. The van der Waals surface area contributed by atoms with E-state index in [1.807, 2.05) is 71.6 Å². The molecule has 0 aliphatic rings. The maximum Gasteiger partial charge on any atom is 0.161 e. The molecule has 0 fully saturated rings. The van der Waals surface area contributed by atoms with E-state index in [0.717, 1.165) is 34.1 Å². The van der Waals surface area contributed by atoms with E-state index >= 15 is 0 Å². The first kappa shape index (κ1) is 19.8. The summed E-state index contributed by atoms with van der Waals surface area (Å²) in [5.74, 6) is 0.425. The third-order valence-electron chi connectivity index (χ3n) is 5.47. The molecule has 5 aromatic rings. The Bertz CT molecular complexity index is 1440. The molecule has 3 heterocycles. The van der Waals surface area contributed by atoms with Crippen LogP contribution in [0.2, 0.25) is 0 Å². The van der Waals surface area contributed by atoms with Crippen LogP contribution in [0.15, 0.2) is 73.3 Å². The van der Waals surface area contributed by atoms with Gasteiger partial charge in [-0.2, -0.15) is 0 Å². The number of imidazole rings is 2. The van der Waals surface area contributed by atoms with Crippen LogP contribution in [-0.4, -0.2) is 26.0 Å². The number of nitrogens with one attached hydrogen (secondary N) is 1. The highest BCUT2D eigenvalue weighted by molar-refractivity contribution is 5.79. The standard InChI is InChI=1S/C25H22FN5O/c1-16-14-30(15-27-16)22-11-10-18(13-23(22)32-3)28-21-9-6-12-31-17(2)24(29-25(21)31)19-7-4-5-8-20(19)26/h4-15,28H,1-3H3. The molecule has 0 radical (unpaired) electrons. The maximum atomic E-state index is 14.4. The van der Waals surface area contributed by atoms with Crippen molar-refractivity contribution in [3.05, 3.63) is 90.5 Å². The molecule has 32 heavy (non-hydrogen) atoms. The van der Waals surface area contributed by atoms with Gasteiger partial charge in [-0.05, 0) is 50.2 Å². The number of aromatic nitrogens is 4. The molecule has 7 heteroatoms. The van der Waals surface area contributed by atoms with Gasteiger partial charge in [0.15, 0.2) is 5.65 Å². The summed E-state index contributed by atoms with van der Waals surface area (Å²) in [6.07, 6.45) is 5.64. The fraction of sp³-hybridized carbons (Fsp3) is 0.120. The minimum Gasteiger partial charge on any atom is -0.494 e. The van der Waals surface area contributed by atoms with Crippen molar-refractivity contribution in [2.75, 3.05) is 12.4 Å². The Morgan fingerprint density at radius 1 is 1.03 bits per heavy atom. The molecule has 6 nitrogen and oxygen atoms in total.